The van der Waals surface area contributed by atoms with Crippen LogP contribution < -0.4 is 5.73 Å². The van der Waals surface area contributed by atoms with Crippen molar-refractivity contribution < 1.29 is 4.79 Å². The van der Waals surface area contributed by atoms with Crippen LogP contribution in [0.4, 0.5) is 5.69 Å². The Balaban J connectivity index is 2.17. The van der Waals surface area contributed by atoms with Gasteiger partial charge in [-0.25, -0.2) is 0 Å². The first kappa shape index (κ1) is 12.9. The summed E-state index contributed by atoms with van der Waals surface area (Å²) in [6, 6.07) is 0.406. The van der Waals surface area contributed by atoms with Crippen LogP contribution in [0.3, 0.4) is 0 Å². The van der Waals surface area contributed by atoms with Crippen molar-refractivity contribution in [2.75, 3.05) is 32.9 Å². The van der Waals surface area contributed by atoms with E-state index in [2.05, 4.69) is 16.9 Å². The monoisotopic (exact) mass is 251 g/mol. The molecule has 0 bridgehead atoms. The maximum absolute atomic E-state index is 12.4. The van der Waals surface area contributed by atoms with E-state index >= 15 is 0 Å². The zero-order valence-corrected chi connectivity index (χ0v) is 11.4. The maximum Gasteiger partial charge on any atom is 0.274 e. The molecule has 1 fully saturated rings. The number of amides is 1. The highest BCUT2D eigenvalue weighted by Gasteiger charge is 2.35. The Kier molecular flexibility index (Phi) is 3.30. The van der Waals surface area contributed by atoms with Gasteiger partial charge in [-0.1, -0.05) is 6.92 Å². The predicted octanol–water partition coefficient (Wildman–Crippen LogP) is 0.0244. The second-order valence-electron chi connectivity index (χ2n) is 5.29. The molecule has 0 aromatic carbocycles. The highest BCUT2D eigenvalue weighted by molar-refractivity contribution is 5.97. The van der Waals surface area contributed by atoms with Crippen molar-refractivity contribution in [2.45, 2.75) is 13.0 Å². The number of nitrogens with two attached hydrogens (primary N) is 1. The van der Waals surface area contributed by atoms with Crippen LogP contribution in [-0.4, -0.2) is 58.7 Å². The van der Waals surface area contributed by atoms with Gasteiger partial charge >= 0.3 is 0 Å². The number of carbonyl (C=O) groups is 1. The summed E-state index contributed by atoms with van der Waals surface area (Å²) >= 11 is 0. The van der Waals surface area contributed by atoms with Gasteiger partial charge in [0.25, 0.3) is 5.91 Å². The molecule has 1 saturated heterocycles. The molecule has 6 heteroatoms. The van der Waals surface area contributed by atoms with Gasteiger partial charge in [-0.05, 0) is 20.0 Å². The van der Waals surface area contributed by atoms with E-state index in [-0.39, 0.29) is 5.91 Å². The molecule has 0 radical (unpaired) electrons. The Morgan fingerprint density at radius 3 is 2.61 bits per heavy atom. The summed E-state index contributed by atoms with van der Waals surface area (Å²) < 4.78 is 1.55. The van der Waals surface area contributed by atoms with Crippen molar-refractivity contribution in [1.29, 1.82) is 0 Å². The van der Waals surface area contributed by atoms with Crippen molar-refractivity contribution in [3.8, 4) is 0 Å². The number of nitrogen functional groups attached to an aromatic ring is 1. The van der Waals surface area contributed by atoms with Crippen molar-refractivity contribution in [1.82, 2.24) is 19.6 Å². The smallest absolute Gasteiger partial charge is 0.274 e. The standard InChI is InChI=1S/C12H21N5O/c1-8-6-17(7-10(8)15(2)3)12(18)11-9(13)5-14-16(11)4/h5,8,10H,6-7,13H2,1-4H3. The predicted molar refractivity (Wildman–Crippen MR) is 70.2 cm³/mol. The molecular formula is C12H21N5O. The number of likely N-dealkylation sites (tertiary alicyclic amines) is 1. The number of likely N-dealkylation sites (N-methyl/N-ethyl adjacent to an activating group) is 1. The molecule has 2 atom stereocenters. The van der Waals surface area contributed by atoms with Crippen LogP contribution in [0.2, 0.25) is 0 Å². The van der Waals surface area contributed by atoms with Crippen LogP contribution in [-0.2, 0) is 7.05 Å². The number of hydrogen-bond acceptors (Lipinski definition) is 4. The first-order valence-electron chi connectivity index (χ1n) is 6.15. The molecular weight excluding hydrogens is 230 g/mol. The summed E-state index contributed by atoms with van der Waals surface area (Å²) in [5.74, 6) is 0.446. The molecule has 0 aliphatic carbocycles. The average molecular weight is 251 g/mol. The molecule has 18 heavy (non-hydrogen) atoms. The SMILES string of the molecule is CC1CN(C(=O)c2c(N)cnn2C)CC1N(C)C. The molecule has 1 amide bonds. The number of rotatable bonds is 2. The fourth-order valence-electron chi connectivity index (χ4n) is 2.65. The summed E-state index contributed by atoms with van der Waals surface area (Å²) in [5, 5.41) is 4.02. The highest BCUT2D eigenvalue weighted by atomic mass is 16.2. The molecule has 100 valence electrons. The number of anilines is 1. The molecule has 1 aliphatic heterocycles. The van der Waals surface area contributed by atoms with Crippen LogP contribution in [0.5, 0.6) is 0 Å². The number of aromatic nitrogens is 2. The van der Waals surface area contributed by atoms with E-state index in [1.165, 1.54) is 6.20 Å². The van der Waals surface area contributed by atoms with Gasteiger partial charge in [0.2, 0.25) is 0 Å². The summed E-state index contributed by atoms with van der Waals surface area (Å²) in [4.78, 5) is 16.5. The zero-order valence-electron chi connectivity index (χ0n) is 11.4. The van der Waals surface area contributed by atoms with Gasteiger partial charge in [0.1, 0.15) is 5.69 Å². The van der Waals surface area contributed by atoms with E-state index in [1.54, 1.807) is 11.7 Å². The van der Waals surface area contributed by atoms with E-state index in [9.17, 15) is 4.79 Å². The Morgan fingerprint density at radius 2 is 2.17 bits per heavy atom. The van der Waals surface area contributed by atoms with Gasteiger partial charge in [0, 0.05) is 26.2 Å². The minimum atomic E-state index is -0.0244. The lowest BCUT2D eigenvalue weighted by Gasteiger charge is -2.22. The number of nitrogens with zero attached hydrogens (tertiary/aromatic N) is 4. The number of carbonyl (C=O) groups excluding carboxylic acids is 1. The molecule has 1 aromatic heterocycles. The highest BCUT2D eigenvalue weighted by Crippen LogP contribution is 2.23. The van der Waals surface area contributed by atoms with Crippen LogP contribution in [0.25, 0.3) is 0 Å². The molecule has 2 N–H and O–H groups in total. The first-order chi connectivity index (χ1) is 8.41. The van der Waals surface area contributed by atoms with Crippen molar-refractivity contribution >= 4 is 11.6 Å². The van der Waals surface area contributed by atoms with Crippen molar-refractivity contribution in [3.05, 3.63) is 11.9 Å². The minimum absolute atomic E-state index is 0.0244. The maximum atomic E-state index is 12.4. The molecule has 2 rings (SSSR count). The van der Waals surface area contributed by atoms with Gasteiger partial charge in [-0.3, -0.25) is 9.48 Å². The summed E-state index contributed by atoms with van der Waals surface area (Å²) in [6.07, 6.45) is 1.52. The normalized spacial score (nSPS) is 23.9. The fraction of sp³-hybridized carbons (Fsp3) is 0.667. The van der Waals surface area contributed by atoms with E-state index < -0.39 is 0 Å². The van der Waals surface area contributed by atoms with E-state index in [1.807, 2.05) is 19.0 Å². The van der Waals surface area contributed by atoms with Crippen LogP contribution in [0, 0.1) is 5.92 Å². The van der Waals surface area contributed by atoms with Crippen LogP contribution in [0.1, 0.15) is 17.4 Å². The zero-order chi connectivity index (χ0) is 13.4. The van der Waals surface area contributed by atoms with Gasteiger partial charge in [-0.15, -0.1) is 0 Å². The Morgan fingerprint density at radius 1 is 1.50 bits per heavy atom. The van der Waals surface area contributed by atoms with Gasteiger partial charge < -0.3 is 15.5 Å². The van der Waals surface area contributed by atoms with Gasteiger partial charge in [-0.2, -0.15) is 5.10 Å². The van der Waals surface area contributed by atoms with E-state index in [0.717, 1.165) is 13.1 Å². The third-order valence-electron chi connectivity index (χ3n) is 3.69. The Labute approximate surface area is 107 Å². The summed E-state index contributed by atoms with van der Waals surface area (Å²) in [5.41, 5.74) is 6.73. The molecule has 1 aromatic rings. The minimum Gasteiger partial charge on any atom is -0.396 e. The summed E-state index contributed by atoms with van der Waals surface area (Å²) in [7, 11) is 5.84. The molecule has 0 spiro atoms. The Hall–Kier alpha value is -1.56. The van der Waals surface area contributed by atoms with Gasteiger partial charge in [0.15, 0.2) is 0 Å². The second-order valence-corrected chi connectivity index (χ2v) is 5.29. The third-order valence-corrected chi connectivity index (χ3v) is 3.69. The number of aryl methyl sites for hydroxylation is 1. The van der Waals surface area contributed by atoms with Crippen molar-refractivity contribution in [3.63, 3.8) is 0 Å². The van der Waals surface area contributed by atoms with Gasteiger partial charge in [0.05, 0.1) is 11.9 Å². The third kappa shape index (κ3) is 2.08. The summed E-state index contributed by atoms with van der Waals surface area (Å²) in [6.45, 7) is 3.69. The van der Waals surface area contributed by atoms with Crippen LogP contribution in [0.15, 0.2) is 6.20 Å². The molecule has 2 heterocycles. The Bertz CT molecular complexity index is 434. The van der Waals surface area contributed by atoms with E-state index in [0.29, 0.717) is 23.3 Å². The quantitative estimate of drug-likeness (QED) is 0.805. The first-order valence-corrected chi connectivity index (χ1v) is 6.15. The molecule has 0 saturated carbocycles. The fourth-order valence-corrected chi connectivity index (χ4v) is 2.65. The largest absolute Gasteiger partial charge is 0.396 e. The molecule has 6 nitrogen and oxygen atoms in total. The number of hydrogen-bond donors (Lipinski definition) is 1. The average Bonchev–Trinajstić information content (AvgIpc) is 2.82. The lowest BCUT2D eigenvalue weighted by Crippen LogP contribution is -2.36. The van der Waals surface area contributed by atoms with Crippen LogP contribution >= 0.6 is 0 Å². The topological polar surface area (TPSA) is 67.4 Å². The van der Waals surface area contributed by atoms with Crippen molar-refractivity contribution in [2.24, 2.45) is 13.0 Å². The molecule has 1 aliphatic rings. The van der Waals surface area contributed by atoms with E-state index in [4.69, 9.17) is 5.73 Å². The lowest BCUT2D eigenvalue weighted by molar-refractivity contribution is 0.0771. The lowest BCUT2D eigenvalue weighted by atomic mass is 10.1. The molecule has 2 unspecified atom stereocenters. The second kappa shape index (κ2) is 4.61.